The highest BCUT2D eigenvalue weighted by atomic mass is 31.2. The molecule has 0 aliphatic carbocycles. The van der Waals surface area contributed by atoms with Gasteiger partial charge in [0.1, 0.15) is 5.92 Å². The normalized spacial score (nSPS) is 16.5. The summed E-state index contributed by atoms with van der Waals surface area (Å²) >= 11 is 0. The summed E-state index contributed by atoms with van der Waals surface area (Å²) in [5, 5.41) is 9.31. The maximum atomic E-state index is 12.1. The first-order valence-electron chi connectivity index (χ1n) is 7.80. The lowest BCUT2D eigenvalue weighted by atomic mass is 10.0. The van der Waals surface area contributed by atoms with E-state index in [-0.39, 0.29) is 30.5 Å². The first-order chi connectivity index (χ1) is 11.8. The van der Waals surface area contributed by atoms with E-state index in [0.29, 0.717) is 12.1 Å². The number of benzene rings is 1. The van der Waals surface area contributed by atoms with Gasteiger partial charge in [0.2, 0.25) is 0 Å². The molecule has 0 saturated carbocycles. The zero-order chi connectivity index (χ0) is 18.9. The number of anilines is 1. The Hall–Kier alpha value is -1.81. The third kappa shape index (κ3) is 8.05. The van der Waals surface area contributed by atoms with Crippen molar-refractivity contribution in [2.24, 2.45) is 5.92 Å². The Balaban J connectivity index is 0.000000597. The van der Waals surface area contributed by atoms with Crippen molar-refractivity contribution in [1.29, 1.82) is 0 Å². The number of rotatable bonds is 7. The van der Waals surface area contributed by atoms with Gasteiger partial charge in [-0.25, -0.2) is 9.57 Å². The molecule has 1 fully saturated rings. The fourth-order valence-electron chi connectivity index (χ4n) is 2.10. The van der Waals surface area contributed by atoms with E-state index < -0.39 is 13.7 Å². The molecule has 0 aromatic heterocycles. The van der Waals surface area contributed by atoms with E-state index in [1.54, 1.807) is 12.1 Å². The highest BCUT2D eigenvalue weighted by molar-refractivity contribution is 7.46. The number of para-hydroxylation sites is 1. The number of nitrogens with zero attached hydrogens (tertiary/aromatic N) is 1. The molecule has 6 N–H and O–H groups in total. The second-order valence-corrected chi connectivity index (χ2v) is 6.47. The van der Waals surface area contributed by atoms with E-state index >= 15 is 0 Å². The van der Waals surface area contributed by atoms with E-state index in [2.05, 4.69) is 9.95 Å². The molecule has 1 unspecified atom stereocenters. The Morgan fingerprint density at radius 2 is 1.85 bits per heavy atom. The highest BCUT2D eigenvalue weighted by Crippen LogP contribution is 2.35. The smallest absolute Gasteiger partial charge is 0.412 e. The average Bonchev–Trinajstić information content (AvgIpc) is 2.86. The second-order valence-electron chi connectivity index (χ2n) is 5.23. The Morgan fingerprint density at radius 1 is 1.23 bits per heavy atom. The van der Waals surface area contributed by atoms with Gasteiger partial charge in [0, 0.05) is 0 Å². The molecule has 1 aliphatic heterocycles. The van der Waals surface area contributed by atoms with Crippen LogP contribution in [0.15, 0.2) is 30.3 Å². The van der Waals surface area contributed by atoms with Crippen LogP contribution in [0.5, 0.6) is 0 Å². The predicted molar refractivity (Wildman–Crippen MR) is 93.8 cm³/mol. The van der Waals surface area contributed by atoms with Gasteiger partial charge in [-0.3, -0.25) is 19.5 Å². The van der Waals surface area contributed by atoms with Crippen LogP contribution in [0.25, 0.3) is 0 Å². The van der Waals surface area contributed by atoms with E-state index in [0.717, 1.165) is 12.8 Å². The van der Waals surface area contributed by atoms with Crippen molar-refractivity contribution in [2.75, 3.05) is 18.2 Å². The number of hydrogen-bond acceptors (Lipinski definition) is 5. The number of phosphoric ester groups is 1. The van der Waals surface area contributed by atoms with E-state index in [1.165, 1.54) is 5.01 Å². The van der Waals surface area contributed by atoms with Gasteiger partial charge in [0.05, 0.1) is 18.9 Å². The zero-order valence-electron chi connectivity index (χ0n) is 14.4. The molecule has 2 rings (SSSR count). The van der Waals surface area contributed by atoms with Crippen LogP contribution in [0.2, 0.25) is 0 Å². The fourth-order valence-corrected chi connectivity index (χ4v) is 2.42. The van der Waals surface area contributed by atoms with Gasteiger partial charge in [-0.05, 0) is 18.6 Å². The predicted octanol–water partition coefficient (Wildman–Crippen LogP) is 0.134. The number of aliphatic hydroxyl groups excluding tert-OH is 1. The van der Waals surface area contributed by atoms with Gasteiger partial charge in [-0.1, -0.05) is 38.0 Å². The van der Waals surface area contributed by atoms with Crippen LogP contribution in [0.3, 0.4) is 0 Å². The summed E-state index contributed by atoms with van der Waals surface area (Å²) in [5.74, 6) is -0.850. The first-order valence-corrected chi connectivity index (χ1v) is 9.33. The molecule has 0 spiro atoms. The second kappa shape index (κ2) is 11.7. The number of hydrogen-bond donors (Lipinski definition) is 4. The lowest BCUT2D eigenvalue weighted by Crippen LogP contribution is -2.35. The van der Waals surface area contributed by atoms with Gasteiger partial charge >= 0.3 is 7.82 Å². The molecule has 0 bridgehead atoms. The molecule has 1 aromatic rings. The number of carbonyl (C=O) groups excluding carboxylic acids is 2. The largest absolute Gasteiger partial charge is 0.469 e. The van der Waals surface area contributed by atoms with Crippen molar-refractivity contribution < 1.29 is 39.0 Å². The Labute approximate surface area is 151 Å². The first kappa shape index (κ1) is 24.2. The molecule has 0 radical (unpaired) electrons. The lowest BCUT2D eigenvalue weighted by Gasteiger charge is -2.14. The van der Waals surface area contributed by atoms with Crippen LogP contribution in [0.4, 0.5) is 5.69 Å². The Bertz CT molecular complexity index is 607. The monoisotopic (exact) mass is 392 g/mol. The molecular formula is C15H25N2O8P. The van der Waals surface area contributed by atoms with Crippen LogP contribution in [0, 0.1) is 5.92 Å². The third-order valence-electron chi connectivity index (χ3n) is 3.27. The summed E-state index contributed by atoms with van der Waals surface area (Å²) in [6, 6.07) is 9.17. The van der Waals surface area contributed by atoms with Crippen molar-refractivity contribution in [3.63, 3.8) is 0 Å². The molecule has 2 amide bonds. The number of nitrogens with one attached hydrogen (secondary N) is 1. The molecule has 1 atom stereocenters. The van der Waals surface area contributed by atoms with E-state index in [1.807, 2.05) is 25.1 Å². The standard InChI is InChI=1S/C13H16N2O2.C2H7O5P.H2O/c1-2-3-9-11-12(16)14-15(13(11)17)10-7-5-4-6-8-10;3-1-2-7-8(4,5)6;/h4-8,11H,2-3,9H2,1H3,(H,14,16);3H,1-2H2,(H2,4,5,6);1H2. The minimum absolute atomic E-state index is 0. The van der Waals surface area contributed by atoms with Crippen LogP contribution in [-0.4, -0.2) is 45.4 Å². The van der Waals surface area contributed by atoms with Crippen molar-refractivity contribution in [2.45, 2.75) is 26.2 Å². The fraction of sp³-hybridized carbons (Fsp3) is 0.467. The van der Waals surface area contributed by atoms with Crippen molar-refractivity contribution in [3.05, 3.63) is 30.3 Å². The quantitative estimate of drug-likeness (QED) is 0.378. The zero-order valence-corrected chi connectivity index (χ0v) is 15.3. The van der Waals surface area contributed by atoms with Gasteiger partial charge in [0.25, 0.3) is 11.8 Å². The van der Waals surface area contributed by atoms with Crippen LogP contribution in [-0.2, 0) is 18.7 Å². The maximum Gasteiger partial charge on any atom is 0.469 e. The summed E-state index contributed by atoms with van der Waals surface area (Å²) in [6.45, 7) is 1.34. The van der Waals surface area contributed by atoms with Crippen molar-refractivity contribution in [3.8, 4) is 0 Å². The highest BCUT2D eigenvalue weighted by Gasteiger charge is 2.39. The lowest BCUT2D eigenvalue weighted by molar-refractivity contribution is -0.127. The summed E-state index contributed by atoms with van der Waals surface area (Å²) in [6.07, 6.45) is 2.51. The Kier molecular flexibility index (Phi) is 10.9. The molecule has 1 saturated heterocycles. The molecule has 11 heteroatoms. The number of hydrazine groups is 1. The number of unbranched alkanes of at least 4 members (excludes halogenated alkanes) is 1. The van der Waals surface area contributed by atoms with Crippen molar-refractivity contribution in [1.82, 2.24) is 5.43 Å². The van der Waals surface area contributed by atoms with Crippen LogP contribution < -0.4 is 10.4 Å². The van der Waals surface area contributed by atoms with Crippen LogP contribution in [0.1, 0.15) is 26.2 Å². The van der Waals surface area contributed by atoms with E-state index in [9.17, 15) is 14.2 Å². The van der Waals surface area contributed by atoms with E-state index in [4.69, 9.17) is 14.9 Å². The molecule has 1 heterocycles. The summed E-state index contributed by atoms with van der Waals surface area (Å²) < 4.78 is 13.5. The molecule has 148 valence electrons. The molecule has 1 aromatic carbocycles. The number of phosphoric acid groups is 1. The van der Waals surface area contributed by atoms with Gasteiger partial charge in [-0.15, -0.1) is 0 Å². The van der Waals surface area contributed by atoms with Gasteiger partial charge in [0.15, 0.2) is 0 Å². The number of carbonyl (C=O) groups is 2. The van der Waals surface area contributed by atoms with Gasteiger partial charge < -0.3 is 20.4 Å². The molecule has 26 heavy (non-hydrogen) atoms. The number of aliphatic hydroxyl groups is 1. The van der Waals surface area contributed by atoms with Crippen molar-refractivity contribution >= 4 is 25.3 Å². The van der Waals surface area contributed by atoms with Crippen LogP contribution >= 0.6 is 7.82 Å². The topological polar surface area (TPSA) is 168 Å². The third-order valence-corrected chi connectivity index (χ3v) is 3.79. The minimum atomic E-state index is -4.34. The summed E-state index contributed by atoms with van der Waals surface area (Å²) in [4.78, 5) is 39.6. The maximum absolute atomic E-state index is 12.1. The average molecular weight is 392 g/mol. The molecule has 1 aliphatic rings. The number of amides is 2. The summed E-state index contributed by atoms with van der Waals surface area (Å²) in [7, 11) is -4.34. The molecule has 10 nitrogen and oxygen atoms in total. The van der Waals surface area contributed by atoms with Gasteiger partial charge in [-0.2, -0.15) is 0 Å². The SMILES string of the molecule is CCCCC1C(=O)NN(c2ccccc2)C1=O.O.O=P(O)(O)OCCO. The minimum Gasteiger partial charge on any atom is -0.412 e. The summed E-state index contributed by atoms with van der Waals surface area (Å²) in [5.41, 5.74) is 3.34. The Morgan fingerprint density at radius 3 is 2.31 bits per heavy atom. The molecular weight excluding hydrogens is 367 g/mol.